The van der Waals surface area contributed by atoms with Crippen molar-refractivity contribution in [3.8, 4) is 0 Å². The second-order valence-electron chi connectivity index (χ2n) is 5.40. The summed E-state index contributed by atoms with van der Waals surface area (Å²) in [5, 5.41) is 3.23. The van der Waals surface area contributed by atoms with Crippen molar-refractivity contribution in [2.45, 2.75) is 50.9 Å². The molecule has 0 aromatic heterocycles. The fourth-order valence-corrected chi connectivity index (χ4v) is 2.07. The second kappa shape index (κ2) is 3.47. The average molecular weight is 199 g/mol. The van der Waals surface area contributed by atoms with Crippen LogP contribution in [0.3, 0.4) is 0 Å². The second-order valence-corrected chi connectivity index (χ2v) is 5.40. The third kappa shape index (κ3) is 2.27. The Balaban J connectivity index is 1.72. The van der Waals surface area contributed by atoms with Crippen molar-refractivity contribution in [2.24, 2.45) is 0 Å². The molecule has 82 valence electrons. The molecule has 3 heteroatoms. The van der Waals surface area contributed by atoms with Gasteiger partial charge in [0.05, 0.1) is 23.9 Å². The highest BCUT2D eigenvalue weighted by Crippen LogP contribution is 2.30. The van der Waals surface area contributed by atoms with E-state index in [0.29, 0.717) is 6.10 Å². The van der Waals surface area contributed by atoms with Crippen molar-refractivity contribution in [3.63, 3.8) is 0 Å². The minimum absolute atomic E-state index is 0.0623. The van der Waals surface area contributed by atoms with Crippen molar-refractivity contribution in [1.82, 2.24) is 5.32 Å². The van der Waals surface area contributed by atoms with Crippen molar-refractivity contribution in [2.75, 3.05) is 19.7 Å². The van der Waals surface area contributed by atoms with Gasteiger partial charge in [-0.15, -0.1) is 0 Å². The smallest absolute Gasteiger partial charge is 0.0903 e. The Morgan fingerprint density at radius 3 is 2.50 bits per heavy atom. The molecule has 2 saturated heterocycles. The normalized spacial score (nSPS) is 34.1. The van der Waals surface area contributed by atoms with Crippen LogP contribution in [-0.4, -0.2) is 37.0 Å². The predicted molar refractivity (Wildman–Crippen MR) is 55.4 cm³/mol. The van der Waals surface area contributed by atoms with Crippen LogP contribution < -0.4 is 5.32 Å². The largest absolute Gasteiger partial charge is 0.370 e. The highest BCUT2D eigenvalue weighted by molar-refractivity contribution is 4.91. The highest BCUT2D eigenvalue weighted by atomic mass is 16.6. The molecule has 2 fully saturated rings. The first-order valence-electron chi connectivity index (χ1n) is 5.52. The molecule has 0 saturated carbocycles. The van der Waals surface area contributed by atoms with Crippen LogP contribution in [0.2, 0.25) is 0 Å². The van der Waals surface area contributed by atoms with Gasteiger partial charge in [0.1, 0.15) is 0 Å². The van der Waals surface area contributed by atoms with E-state index in [9.17, 15) is 0 Å². The van der Waals surface area contributed by atoms with Gasteiger partial charge in [-0.1, -0.05) is 0 Å². The van der Waals surface area contributed by atoms with Gasteiger partial charge in [0.2, 0.25) is 0 Å². The molecule has 2 aliphatic heterocycles. The van der Waals surface area contributed by atoms with Crippen LogP contribution in [0.1, 0.15) is 33.6 Å². The summed E-state index contributed by atoms with van der Waals surface area (Å²) < 4.78 is 11.7. The van der Waals surface area contributed by atoms with Crippen molar-refractivity contribution in [1.29, 1.82) is 0 Å². The fourth-order valence-electron chi connectivity index (χ4n) is 2.07. The van der Waals surface area contributed by atoms with Gasteiger partial charge in [0, 0.05) is 13.1 Å². The van der Waals surface area contributed by atoms with Crippen molar-refractivity contribution in [3.05, 3.63) is 0 Å². The Labute approximate surface area is 86.2 Å². The van der Waals surface area contributed by atoms with Gasteiger partial charge in [-0.25, -0.2) is 0 Å². The van der Waals surface area contributed by atoms with Crippen molar-refractivity contribution >= 4 is 0 Å². The molecule has 0 radical (unpaired) electrons. The van der Waals surface area contributed by atoms with Crippen LogP contribution in [0.25, 0.3) is 0 Å². The van der Waals surface area contributed by atoms with Gasteiger partial charge in [-0.3, -0.25) is 0 Å². The maximum Gasteiger partial charge on any atom is 0.0903 e. The van der Waals surface area contributed by atoms with Crippen LogP contribution in [0.5, 0.6) is 0 Å². The topological polar surface area (TPSA) is 30.5 Å². The molecular formula is C11H21NO2. The fraction of sp³-hybridized carbons (Fsp3) is 1.00. The molecule has 0 aromatic carbocycles. The molecule has 2 aliphatic rings. The third-order valence-corrected chi connectivity index (χ3v) is 3.17. The molecule has 3 nitrogen and oxygen atoms in total. The minimum atomic E-state index is 0.0623. The molecule has 2 heterocycles. The minimum Gasteiger partial charge on any atom is -0.370 e. The quantitative estimate of drug-likeness (QED) is 0.743. The number of hydrogen-bond donors (Lipinski definition) is 1. The SMILES string of the molecule is CC1(C)CCC(COC2(C)CNC2)O1. The summed E-state index contributed by atoms with van der Waals surface area (Å²) in [4.78, 5) is 0. The number of hydrogen-bond acceptors (Lipinski definition) is 3. The number of rotatable bonds is 3. The molecule has 1 unspecified atom stereocenters. The standard InChI is InChI=1S/C11H21NO2/c1-10(2)5-4-9(14-10)6-13-11(3)7-12-8-11/h9,12H,4-8H2,1-3H3. The Morgan fingerprint density at radius 2 is 2.07 bits per heavy atom. The van der Waals surface area contributed by atoms with Gasteiger partial charge >= 0.3 is 0 Å². The Bertz CT molecular complexity index is 211. The molecular weight excluding hydrogens is 178 g/mol. The molecule has 0 spiro atoms. The van der Waals surface area contributed by atoms with E-state index >= 15 is 0 Å². The zero-order valence-electron chi connectivity index (χ0n) is 9.43. The zero-order chi connectivity index (χ0) is 10.2. The van der Waals surface area contributed by atoms with Gasteiger partial charge in [-0.05, 0) is 33.6 Å². The summed E-state index contributed by atoms with van der Waals surface area (Å²) in [7, 11) is 0. The first-order chi connectivity index (χ1) is 6.49. The van der Waals surface area contributed by atoms with Crippen LogP contribution >= 0.6 is 0 Å². The molecule has 1 atom stereocenters. The zero-order valence-corrected chi connectivity index (χ0v) is 9.43. The van der Waals surface area contributed by atoms with E-state index in [4.69, 9.17) is 9.47 Å². The van der Waals surface area contributed by atoms with Crippen molar-refractivity contribution < 1.29 is 9.47 Å². The summed E-state index contributed by atoms with van der Waals surface area (Å²) in [6, 6.07) is 0. The number of nitrogens with one attached hydrogen (secondary N) is 1. The molecule has 2 rings (SSSR count). The van der Waals surface area contributed by atoms with E-state index in [1.54, 1.807) is 0 Å². The third-order valence-electron chi connectivity index (χ3n) is 3.17. The molecule has 0 aromatic rings. The maximum absolute atomic E-state index is 5.87. The van der Waals surface area contributed by atoms with Crippen LogP contribution in [0, 0.1) is 0 Å². The van der Waals surface area contributed by atoms with E-state index in [1.165, 1.54) is 0 Å². The van der Waals surface area contributed by atoms with E-state index in [1.807, 2.05) is 0 Å². The summed E-state index contributed by atoms with van der Waals surface area (Å²) in [6.07, 6.45) is 2.59. The molecule has 0 bridgehead atoms. The van der Waals surface area contributed by atoms with E-state index in [0.717, 1.165) is 32.5 Å². The van der Waals surface area contributed by atoms with Gasteiger partial charge < -0.3 is 14.8 Å². The first-order valence-corrected chi connectivity index (χ1v) is 5.52. The van der Waals surface area contributed by atoms with Gasteiger partial charge in [-0.2, -0.15) is 0 Å². The number of ether oxygens (including phenoxy) is 2. The lowest BCUT2D eigenvalue weighted by Gasteiger charge is -2.39. The Hall–Kier alpha value is -0.120. The summed E-state index contributed by atoms with van der Waals surface area (Å²) in [5.41, 5.74) is 0.128. The van der Waals surface area contributed by atoms with E-state index in [2.05, 4.69) is 26.1 Å². The Kier molecular flexibility index (Phi) is 2.58. The maximum atomic E-state index is 5.87. The predicted octanol–water partition coefficient (Wildman–Crippen LogP) is 1.32. The summed E-state index contributed by atoms with van der Waals surface area (Å²) >= 11 is 0. The molecule has 1 N–H and O–H groups in total. The molecule has 0 aliphatic carbocycles. The van der Waals surface area contributed by atoms with E-state index in [-0.39, 0.29) is 11.2 Å². The highest BCUT2D eigenvalue weighted by Gasteiger charge is 2.36. The van der Waals surface area contributed by atoms with Crippen LogP contribution in [-0.2, 0) is 9.47 Å². The van der Waals surface area contributed by atoms with Crippen LogP contribution in [0.15, 0.2) is 0 Å². The van der Waals surface area contributed by atoms with E-state index < -0.39 is 0 Å². The monoisotopic (exact) mass is 199 g/mol. The summed E-state index contributed by atoms with van der Waals surface area (Å²) in [6.45, 7) is 9.16. The lowest BCUT2D eigenvalue weighted by Crippen LogP contribution is -2.59. The van der Waals surface area contributed by atoms with Crippen LogP contribution in [0.4, 0.5) is 0 Å². The molecule has 0 amide bonds. The first kappa shape index (κ1) is 10.4. The summed E-state index contributed by atoms with van der Waals surface area (Å²) in [5.74, 6) is 0. The van der Waals surface area contributed by atoms with Gasteiger partial charge in [0.15, 0.2) is 0 Å². The lowest BCUT2D eigenvalue weighted by molar-refractivity contribution is -0.119. The average Bonchev–Trinajstić information content (AvgIpc) is 2.39. The Morgan fingerprint density at radius 1 is 1.36 bits per heavy atom. The van der Waals surface area contributed by atoms with Gasteiger partial charge in [0.25, 0.3) is 0 Å². The molecule has 14 heavy (non-hydrogen) atoms. The lowest BCUT2D eigenvalue weighted by atomic mass is 10.00.